The van der Waals surface area contributed by atoms with E-state index < -0.39 is 0 Å². The summed E-state index contributed by atoms with van der Waals surface area (Å²) in [5, 5.41) is 0. The molecule has 114 valence electrons. The molecule has 5 aliphatic rings. The van der Waals surface area contributed by atoms with Crippen LogP contribution in [0.3, 0.4) is 0 Å². The van der Waals surface area contributed by atoms with E-state index in [0.29, 0.717) is 46.7 Å². The van der Waals surface area contributed by atoms with Crippen LogP contribution in [0.15, 0.2) is 88.5 Å². The second kappa shape index (κ2) is 6.10. The minimum atomic E-state index is 0. The number of fused-ring (bicyclic) bond motifs is 4. The molecule has 0 N–H and O–H groups in total. The summed E-state index contributed by atoms with van der Waals surface area (Å²) in [7, 11) is 0. The monoisotopic (exact) mass is 376 g/mol. The molecule has 5 aliphatic heterocycles. The van der Waals surface area contributed by atoms with E-state index in [-0.39, 0.29) is 19.5 Å². The third-order valence-corrected chi connectivity index (χ3v) is 3.36. The SMILES string of the molecule is C1=CC2=NC3=NC(=NC4=NC(=NC5=NC(=NC1=N2)C=C5)C=C4)C=C3.[Zn]. The van der Waals surface area contributed by atoms with Gasteiger partial charge in [-0.3, -0.25) is 0 Å². The van der Waals surface area contributed by atoms with Crippen molar-refractivity contribution in [2.24, 2.45) is 39.9 Å². The molecule has 0 saturated heterocycles. The quantitative estimate of drug-likeness (QED) is 0.571. The maximum Gasteiger partial charge on any atom is 0.156 e. The van der Waals surface area contributed by atoms with Gasteiger partial charge in [0.25, 0.3) is 0 Å². The molecule has 5 rings (SSSR count). The fourth-order valence-corrected chi connectivity index (χ4v) is 2.33. The summed E-state index contributed by atoms with van der Waals surface area (Å²) in [5.74, 6) is 4.30. The molecule has 0 unspecified atom stereocenters. The molecule has 0 fully saturated rings. The van der Waals surface area contributed by atoms with Crippen LogP contribution in [0, 0.1) is 0 Å². The summed E-state index contributed by atoms with van der Waals surface area (Å²) in [5.41, 5.74) is 0. The molecule has 5 heterocycles. The summed E-state index contributed by atoms with van der Waals surface area (Å²) < 4.78 is 0. The molecule has 8 nitrogen and oxygen atoms in total. The van der Waals surface area contributed by atoms with Crippen molar-refractivity contribution in [3.63, 3.8) is 0 Å². The largest absolute Gasteiger partial charge is 0.209 e. The Morgan fingerprint density at radius 2 is 0.400 bits per heavy atom. The predicted octanol–water partition coefficient (Wildman–Crippen LogP) is 1.46. The fraction of sp³-hybridized carbons (Fsp3) is 0. The van der Waals surface area contributed by atoms with Gasteiger partial charge in [-0.15, -0.1) is 0 Å². The first-order valence-electron chi connectivity index (χ1n) is 7.22. The fourth-order valence-electron chi connectivity index (χ4n) is 2.33. The van der Waals surface area contributed by atoms with Crippen molar-refractivity contribution < 1.29 is 19.5 Å². The molecule has 0 aromatic rings. The topological polar surface area (TPSA) is 98.9 Å². The maximum absolute atomic E-state index is 4.37. The molecule has 0 spiro atoms. The zero-order chi connectivity index (χ0) is 15.9. The van der Waals surface area contributed by atoms with Gasteiger partial charge in [-0.2, -0.15) is 0 Å². The van der Waals surface area contributed by atoms with Crippen LogP contribution in [0.25, 0.3) is 0 Å². The smallest absolute Gasteiger partial charge is 0.156 e. The van der Waals surface area contributed by atoms with Crippen LogP contribution < -0.4 is 0 Å². The van der Waals surface area contributed by atoms with Crippen LogP contribution in [0.4, 0.5) is 0 Å². The van der Waals surface area contributed by atoms with Crippen LogP contribution in [-0.2, 0) is 19.5 Å². The molecule has 0 saturated carbocycles. The summed E-state index contributed by atoms with van der Waals surface area (Å²) in [4.78, 5) is 34.8. The van der Waals surface area contributed by atoms with E-state index in [9.17, 15) is 0 Å². The van der Waals surface area contributed by atoms with Crippen molar-refractivity contribution in [1.29, 1.82) is 0 Å². The zero-order valence-corrected chi connectivity index (χ0v) is 15.9. The van der Waals surface area contributed by atoms with Crippen LogP contribution >= 0.6 is 0 Å². The number of hydrogen-bond acceptors (Lipinski definition) is 8. The normalized spacial score (nSPS) is 21.8. The van der Waals surface area contributed by atoms with Crippen LogP contribution in [0.1, 0.15) is 0 Å². The maximum atomic E-state index is 4.37. The van der Waals surface area contributed by atoms with Gasteiger partial charge in [-0.05, 0) is 48.6 Å². The predicted molar refractivity (Wildman–Crippen MR) is 96.0 cm³/mol. The number of amidine groups is 8. The Kier molecular flexibility index (Phi) is 3.78. The van der Waals surface area contributed by atoms with Crippen molar-refractivity contribution in [2.45, 2.75) is 0 Å². The molecule has 0 atom stereocenters. The second-order valence-corrected chi connectivity index (χ2v) is 5.09. The second-order valence-electron chi connectivity index (χ2n) is 5.09. The third kappa shape index (κ3) is 3.14. The molecule has 0 aromatic heterocycles. The van der Waals surface area contributed by atoms with Gasteiger partial charge in [-0.25, -0.2) is 39.9 Å². The Labute approximate surface area is 154 Å². The van der Waals surface area contributed by atoms with Gasteiger partial charge in [0.2, 0.25) is 0 Å². The number of hydrogen-bond donors (Lipinski definition) is 0. The van der Waals surface area contributed by atoms with Gasteiger partial charge in [0.05, 0.1) is 0 Å². The van der Waals surface area contributed by atoms with Gasteiger partial charge in [0, 0.05) is 19.5 Å². The van der Waals surface area contributed by atoms with Crippen LogP contribution in [-0.4, -0.2) is 46.7 Å². The van der Waals surface area contributed by atoms with Gasteiger partial charge < -0.3 is 0 Å². The van der Waals surface area contributed by atoms with Crippen LogP contribution in [0.5, 0.6) is 0 Å². The third-order valence-electron chi connectivity index (χ3n) is 3.36. The Hall–Kier alpha value is -3.06. The van der Waals surface area contributed by atoms with E-state index in [1.54, 1.807) is 48.6 Å². The van der Waals surface area contributed by atoms with Gasteiger partial charge >= 0.3 is 0 Å². The first kappa shape index (κ1) is 15.5. The summed E-state index contributed by atoms with van der Waals surface area (Å²) in [6.07, 6.45) is 14.2. The van der Waals surface area contributed by atoms with Crippen molar-refractivity contribution in [1.82, 2.24) is 0 Å². The molecule has 0 radical (unpaired) electrons. The Morgan fingerprint density at radius 1 is 0.280 bits per heavy atom. The van der Waals surface area contributed by atoms with E-state index in [2.05, 4.69) is 39.9 Å². The Bertz CT molecular complexity index is 854. The van der Waals surface area contributed by atoms with E-state index in [4.69, 9.17) is 0 Å². The Balaban J connectivity index is 0.00000157. The first-order chi connectivity index (χ1) is 11.8. The zero-order valence-electron chi connectivity index (χ0n) is 12.9. The van der Waals surface area contributed by atoms with Crippen molar-refractivity contribution >= 4 is 46.7 Å². The van der Waals surface area contributed by atoms with E-state index in [1.165, 1.54) is 0 Å². The molecule has 25 heavy (non-hydrogen) atoms. The molecule has 0 aliphatic carbocycles. The van der Waals surface area contributed by atoms with Gasteiger partial charge in [0.1, 0.15) is 0 Å². The summed E-state index contributed by atoms with van der Waals surface area (Å²) in [6, 6.07) is 0. The van der Waals surface area contributed by atoms with Crippen molar-refractivity contribution in [3.05, 3.63) is 48.6 Å². The van der Waals surface area contributed by atoms with Crippen molar-refractivity contribution in [2.75, 3.05) is 0 Å². The molecular formula is C16H8N8Zn. The molecule has 9 heteroatoms. The standard InChI is InChI=1S/C16H8N8.Zn/c1-2-10-17-9(1)21-11-3-4-13(18-11)23-15-7-8-16(20-15)24-14-6-5-12(19-14)22-10;/h1-8H;. The van der Waals surface area contributed by atoms with Crippen LogP contribution in [0.2, 0.25) is 0 Å². The average Bonchev–Trinajstić information content (AvgIpc) is 3.32. The molecule has 0 aromatic carbocycles. The van der Waals surface area contributed by atoms with Gasteiger partial charge in [0.15, 0.2) is 46.7 Å². The summed E-state index contributed by atoms with van der Waals surface area (Å²) >= 11 is 0. The average molecular weight is 378 g/mol. The van der Waals surface area contributed by atoms with E-state index in [1.807, 2.05) is 0 Å². The molecule has 8 bridgehead atoms. The summed E-state index contributed by atoms with van der Waals surface area (Å²) in [6.45, 7) is 0. The molecule has 0 amide bonds. The number of aliphatic imine (C=N–C) groups is 8. The van der Waals surface area contributed by atoms with E-state index >= 15 is 0 Å². The van der Waals surface area contributed by atoms with Gasteiger partial charge in [-0.1, -0.05) is 0 Å². The Morgan fingerprint density at radius 3 is 0.520 bits per heavy atom. The minimum Gasteiger partial charge on any atom is -0.209 e. The minimum absolute atomic E-state index is 0. The van der Waals surface area contributed by atoms with E-state index in [0.717, 1.165) is 0 Å². The number of nitrogens with zero attached hydrogens (tertiary/aromatic N) is 8. The van der Waals surface area contributed by atoms with Crippen molar-refractivity contribution in [3.8, 4) is 0 Å². The number of rotatable bonds is 0. The first-order valence-corrected chi connectivity index (χ1v) is 7.22. The molecular weight excluding hydrogens is 370 g/mol.